The predicted molar refractivity (Wildman–Crippen MR) is 123 cm³/mol. The molecule has 8 nitrogen and oxygen atoms in total. The maximum Gasteiger partial charge on any atom is 0.322 e. The molecule has 0 fully saturated rings. The molecule has 0 saturated carbocycles. The van der Waals surface area contributed by atoms with Gasteiger partial charge in [-0.15, -0.1) is 5.10 Å². The van der Waals surface area contributed by atoms with Crippen molar-refractivity contribution >= 4 is 27.6 Å². The highest BCUT2D eigenvalue weighted by Crippen LogP contribution is 2.32. The van der Waals surface area contributed by atoms with Crippen LogP contribution in [0.4, 0.5) is 16.1 Å². The van der Waals surface area contributed by atoms with Crippen molar-refractivity contribution in [1.29, 1.82) is 0 Å². The first-order valence-corrected chi connectivity index (χ1v) is 12.0. The number of aromatic nitrogens is 2. The normalized spacial score (nSPS) is 13.4. The minimum absolute atomic E-state index is 0.0538. The van der Waals surface area contributed by atoms with Crippen molar-refractivity contribution in [2.75, 3.05) is 16.2 Å². The SMILES string of the molecule is O=C(Nc1nnc(-c2cccc(F)c2)o1)c1ccc(S(=O)(=O)N2CCCc3ccccc32)cc1. The van der Waals surface area contributed by atoms with E-state index in [1.165, 1.54) is 46.8 Å². The van der Waals surface area contributed by atoms with Crippen LogP contribution in [0, 0.1) is 5.82 Å². The van der Waals surface area contributed by atoms with Crippen LogP contribution in [0.5, 0.6) is 0 Å². The predicted octanol–water partition coefficient (Wildman–Crippen LogP) is 4.27. The standard InChI is InChI=1S/C24H19FN4O4S/c25-19-8-3-6-18(15-19)23-27-28-24(33-23)26-22(30)17-10-12-20(13-11-17)34(31,32)29-14-4-7-16-5-1-2-9-21(16)29/h1-3,5-6,8-13,15H,4,7,14H2,(H,26,28,30). The van der Waals surface area contributed by atoms with E-state index in [1.54, 1.807) is 12.1 Å². The third-order valence-electron chi connectivity index (χ3n) is 5.49. The molecule has 34 heavy (non-hydrogen) atoms. The minimum Gasteiger partial charge on any atom is -0.403 e. The summed E-state index contributed by atoms with van der Waals surface area (Å²) in [6.07, 6.45) is 1.57. The fourth-order valence-corrected chi connectivity index (χ4v) is 5.38. The van der Waals surface area contributed by atoms with Gasteiger partial charge in [-0.1, -0.05) is 29.4 Å². The van der Waals surface area contributed by atoms with Gasteiger partial charge in [0, 0.05) is 17.7 Å². The molecule has 5 rings (SSSR count). The van der Waals surface area contributed by atoms with Crippen molar-refractivity contribution in [3.8, 4) is 11.5 Å². The molecule has 0 spiro atoms. The lowest BCUT2D eigenvalue weighted by Gasteiger charge is -2.30. The summed E-state index contributed by atoms with van der Waals surface area (Å²) < 4.78 is 46.7. The van der Waals surface area contributed by atoms with E-state index in [-0.39, 0.29) is 22.4 Å². The van der Waals surface area contributed by atoms with Crippen LogP contribution in [0.3, 0.4) is 0 Å². The lowest BCUT2D eigenvalue weighted by Crippen LogP contribution is -2.35. The van der Waals surface area contributed by atoms with Crippen LogP contribution in [-0.4, -0.2) is 31.1 Å². The average Bonchev–Trinajstić information content (AvgIpc) is 3.32. The maximum atomic E-state index is 13.4. The van der Waals surface area contributed by atoms with Gasteiger partial charge in [0.05, 0.1) is 10.6 Å². The second-order valence-electron chi connectivity index (χ2n) is 7.71. The summed E-state index contributed by atoms with van der Waals surface area (Å²) in [4.78, 5) is 12.7. The molecule has 0 aliphatic carbocycles. The Morgan fingerprint density at radius 2 is 1.79 bits per heavy atom. The summed E-state index contributed by atoms with van der Waals surface area (Å²) in [7, 11) is -3.78. The number of nitrogens with one attached hydrogen (secondary N) is 1. The van der Waals surface area contributed by atoms with Crippen molar-refractivity contribution in [1.82, 2.24) is 10.2 Å². The summed E-state index contributed by atoms with van der Waals surface area (Å²) in [5.74, 6) is -0.955. The molecule has 1 aromatic heterocycles. The van der Waals surface area contributed by atoms with E-state index in [0.717, 1.165) is 18.4 Å². The zero-order valence-corrected chi connectivity index (χ0v) is 18.6. The molecule has 10 heteroatoms. The highest BCUT2D eigenvalue weighted by atomic mass is 32.2. The number of hydrogen-bond donors (Lipinski definition) is 1. The molecule has 3 aromatic carbocycles. The Morgan fingerprint density at radius 1 is 1.00 bits per heavy atom. The van der Waals surface area contributed by atoms with E-state index in [1.807, 2.05) is 18.2 Å². The van der Waals surface area contributed by atoms with Gasteiger partial charge in [0.1, 0.15) is 5.82 Å². The van der Waals surface area contributed by atoms with Gasteiger partial charge in [-0.25, -0.2) is 12.8 Å². The molecular formula is C24H19FN4O4S. The van der Waals surface area contributed by atoms with Crippen molar-refractivity contribution in [3.05, 3.63) is 89.7 Å². The molecule has 2 heterocycles. The molecule has 0 atom stereocenters. The third-order valence-corrected chi connectivity index (χ3v) is 7.32. The number of carbonyl (C=O) groups is 1. The number of carbonyl (C=O) groups excluding carboxylic acids is 1. The quantitative estimate of drug-likeness (QED) is 0.459. The Kier molecular flexibility index (Phi) is 5.58. The first kappa shape index (κ1) is 21.8. The number of para-hydroxylation sites is 1. The van der Waals surface area contributed by atoms with Gasteiger partial charge in [0.25, 0.3) is 15.9 Å². The summed E-state index contributed by atoms with van der Waals surface area (Å²) >= 11 is 0. The number of sulfonamides is 1. The molecule has 1 aliphatic heterocycles. The van der Waals surface area contributed by atoms with E-state index >= 15 is 0 Å². The smallest absolute Gasteiger partial charge is 0.322 e. The van der Waals surface area contributed by atoms with Gasteiger partial charge in [0.2, 0.25) is 5.89 Å². The Hall–Kier alpha value is -4.05. The summed E-state index contributed by atoms with van der Waals surface area (Å²) in [5, 5.41) is 10.0. The van der Waals surface area contributed by atoms with Crippen molar-refractivity contribution in [3.63, 3.8) is 0 Å². The molecule has 0 radical (unpaired) electrons. The zero-order valence-electron chi connectivity index (χ0n) is 17.8. The van der Waals surface area contributed by atoms with Crippen LogP contribution in [0.15, 0.2) is 82.1 Å². The summed E-state index contributed by atoms with van der Waals surface area (Å²) in [6.45, 7) is 0.395. The Balaban J connectivity index is 1.32. The van der Waals surface area contributed by atoms with Crippen LogP contribution in [-0.2, 0) is 16.4 Å². The maximum absolute atomic E-state index is 13.4. The lowest BCUT2D eigenvalue weighted by atomic mass is 10.0. The van der Waals surface area contributed by atoms with E-state index in [9.17, 15) is 17.6 Å². The average molecular weight is 479 g/mol. The number of rotatable bonds is 5. The number of nitrogens with zero attached hydrogens (tertiary/aromatic N) is 3. The molecular weight excluding hydrogens is 459 g/mol. The molecule has 0 bridgehead atoms. The molecule has 1 aliphatic rings. The van der Waals surface area contributed by atoms with Crippen LogP contribution < -0.4 is 9.62 Å². The molecule has 1 amide bonds. The second-order valence-corrected chi connectivity index (χ2v) is 9.57. The molecule has 1 N–H and O–H groups in total. The fraction of sp³-hybridized carbons (Fsp3) is 0.125. The molecule has 172 valence electrons. The van der Waals surface area contributed by atoms with Crippen molar-refractivity contribution < 1.29 is 22.0 Å². The molecule has 0 saturated heterocycles. The van der Waals surface area contributed by atoms with Gasteiger partial charge in [-0.05, 0) is 66.9 Å². The Labute approximate surface area is 195 Å². The summed E-state index contributed by atoms with van der Waals surface area (Å²) in [5.41, 5.74) is 2.26. The first-order valence-electron chi connectivity index (χ1n) is 10.5. The Morgan fingerprint density at radius 3 is 2.59 bits per heavy atom. The van der Waals surface area contributed by atoms with Gasteiger partial charge in [0.15, 0.2) is 0 Å². The fourth-order valence-electron chi connectivity index (χ4n) is 3.84. The molecule has 0 unspecified atom stereocenters. The number of halogens is 1. The van der Waals surface area contributed by atoms with Gasteiger partial charge in [-0.2, -0.15) is 0 Å². The largest absolute Gasteiger partial charge is 0.403 e. The van der Waals surface area contributed by atoms with Crippen LogP contribution >= 0.6 is 0 Å². The highest BCUT2D eigenvalue weighted by molar-refractivity contribution is 7.92. The van der Waals surface area contributed by atoms with Gasteiger partial charge < -0.3 is 4.42 Å². The topological polar surface area (TPSA) is 105 Å². The van der Waals surface area contributed by atoms with Gasteiger partial charge >= 0.3 is 6.01 Å². The van der Waals surface area contributed by atoms with Crippen LogP contribution in [0.25, 0.3) is 11.5 Å². The first-order chi connectivity index (χ1) is 16.4. The second kappa shape index (κ2) is 8.71. The zero-order chi connectivity index (χ0) is 23.7. The minimum atomic E-state index is -3.78. The van der Waals surface area contributed by atoms with Gasteiger partial charge in [-0.3, -0.25) is 14.4 Å². The number of fused-ring (bicyclic) bond motifs is 1. The van der Waals surface area contributed by atoms with E-state index in [0.29, 0.717) is 17.8 Å². The third kappa shape index (κ3) is 4.15. The number of anilines is 2. The highest BCUT2D eigenvalue weighted by Gasteiger charge is 2.29. The van der Waals surface area contributed by atoms with Crippen LogP contribution in [0.2, 0.25) is 0 Å². The summed E-state index contributed by atoms with van der Waals surface area (Å²) in [6, 6.07) is 18.5. The number of aryl methyl sites for hydroxylation is 1. The van der Waals surface area contributed by atoms with E-state index in [2.05, 4.69) is 15.5 Å². The number of benzene rings is 3. The monoisotopic (exact) mass is 478 g/mol. The molecule has 4 aromatic rings. The van der Waals surface area contributed by atoms with E-state index < -0.39 is 21.7 Å². The van der Waals surface area contributed by atoms with Crippen molar-refractivity contribution in [2.24, 2.45) is 0 Å². The lowest BCUT2D eigenvalue weighted by molar-refractivity contribution is 0.102. The number of hydrogen-bond acceptors (Lipinski definition) is 6. The van der Waals surface area contributed by atoms with Crippen molar-refractivity contribution in [2.45, 2.75) is 17.7 Å². The van der Waals surface area contributed by atoms with E-state index in [4.69, 9.17) is 4.42 Å². The Bertz CT molecular complexity index is 1470. The van der Waals surface area contributed by atoms with Crippen LogP contribution in [0.1, 0.15) is 22.3 Å². The number of amides is 1.